The maximum atomic E-state index is 9.85. The first-order chi connectivity index (χ1) is 16.4. The zero-order chi connectivity index (χ0) is 24.1. The van der Waals surface area contributed by atoms with E-state index < -0.39 is 0 Å². The van der Waals surface area contributed by atoms with E-state index in [4.69, 9.17) is 21.3 Å². The molecule has 0 radical (unpaired) electrons. The fourth-order valence-electron chi connectivity index (χ4n) is 4.65. The van der Waals surface area contributed by atoms with Crippen LogP contribution in [0.5, 0.6) is 5.75 Å². The van der Waals surface area contributed by atoms with Gasteiger partial charge in [-0.3, -0.25) is 4.68 Å². The number of ether oxygens (including phenoxy) is 1. The van der Waals surface area contributed by atoms with Crippen molar-refractivity contribution in [1.82, 2.24) is 25.1 Å². The molecule has 10 heteroatoms. The molecule has 0 saturated heterocycles. The van der Waals surface area contributed by atoms with Gasteiger partial charge in [-0.25, -0.2) is 4.98 Å². The third-order valence-electron chi connectivity index (χ3n) is 6.56. The standard InChI is InChI=1S/C24H36N8O2/c1-3-6-20(25)29-22-21-18(28-23(26)30-22)14-32(31-21)13-17-8-7-16(11-19(17)34-2)12-27-24(15-33)9-4-5-10-24/h7-8,11,14,20,27,33H,3-6,9-10,12-13,15,25H2,1-2H3,(H3,26,28,29,30). The second kappa shape index (κ2) is 10.5. The second-order valence-electron chi connectivity index (χ2n) is 9.18. The molecule has 2 aromatic heterocycles. The molecular formula is C24H36N8O2. The lowest BCUT2D eigenvalue weighted by atomic mass is 9.98. The number of hydrogen-bond acceptors (Lipinski definition) is 9. The first kappa shape index (κ1) is 24.2. The van der Waals surface area contributed by atoms with E-state index in [1.165, 1.54) is 0 Å². The lowest BCUT2D eigenvalue weighted by molar-refractivity contribution is 0.163. The molecule has 0 spiro atoms. The van der Waals surface area contributed by atoms with E-state index in [9.17, 15) is 5.11 Å². The molecule has 2 heterocycles. The Morgan fingerprint density at radius 3 is 2.76 bits per heavy atom. The number of nitrogens with zero attached hydrogens (tertiary/aromatic N) is 4. The van der Waals surface area contributed by atoms with E-state index in [0.717, 1.165) is 55.4 Å². The zero-order valence-corrected chi connectivity index (χ0v) is 20.0. The highest BCUT2D eigenvalue weighted by atomic mass is 16.5. The Bertz CT molecular complexity index is 1110. The summed E-state index contributed by atoms with van der Waals surface area (Å²) in [6.07, 6.45) is 7.73. The van der Waals surface area contributed by atoms with Crippen molar-refractivity contribution in [3.05, 3.63) is 35.5 Å². The number of aliphatic hydroxyl groups excluding tert-OH is 1. The fourth-order valence-corrected chi connectivity index (χ4v) is 4.65. The van der Waals surface area contributed by atoms with E-state index in [-0.39, 0.29) is 24.3 Å². The molecule has 1 fully saturated rings. The van der Waals surface area contributed by atoms with Crippen molar-refractivity contribution in [2.24, 2.45) is 5.73 Å². The third-order valence-corrected chi connectivity index (χ3v) is 6.56. The van der Waals surface area contributed by atoms with Crippen molar-refractivity contribution in [1.29, 1.82) is 0 Å². The minimum atomic E-state index is -0.233. The van der Waals surface area contributed by atoms with Crippen molar-refractivity contribution in [3.63, 3.8) is 0 Å². The Morgan fingerprint density at radius 2 is 2.06 bits per heavy atom. The van der Waals surface area contributed by atoms with Crippen LogP contribution in [0.4, 0.5) is 11.8 Å². The second-order valence-corrected chi connectivity index (χ2v) is 9.18. The molecule has 0 aliphatic heterocycles. The Hall–Kier alpha value is -2.95. The lowest BCUT2D eigenvalue weighted by Gasteiger charge is -2.28. The molecule has 0 bridgehead atoms. The van der Waals surface area contributed by atoms with Crippen LogP contribution >= 0.6 is 0 Å². The number of fused-ring (bicyclic) bond motifs is 1. The molecule has 184 valence electrons. The number of aromatic nitrogens is 4. The number of methoxy groups -OCH3 is 1. The number of rotatable bonds is 11. The van der Waals surface area contributed by atoms with Gasteiger partial charge in [0.25, 0.3) is 0 Å². The van der Waals surface area contributed by atoms with Crippen LogP contribution in [0.3, 0.4) is 0 Å². The Labute approximate surface area is 200 Å². The van der Waals surface area contributed by atoms with Gasteiger partial charge in [-0.1, -0.05) is 38.3 Å². The Balaban J connectivity index is 1.52. The molecule has 1 unspecified atom stereocenters. The number of nitrogen functional groups attached to an aromatic ring is 1. The topological polar surface area (TPSA) is 149 Å². The van der Waals surface area contributed by atoms with Gasteiger partial charge < -0.3 is 31.9 Å². The average molecular weight is 469 g/mol. The molecule has 10 nitrogen and oxygen atoms in total. The molecule has 3 aromatic rings. The summed E-state index contributed by atoms with van der Waals surface area (Å²) in [6.45, 7) is 3.44. The molecule has 4 rings (SSSR count). The van der Waals surface area contributed by atoms with Gasteiger partial charge in [0.2, 0.25) is 5.95 Å². The maximum Gasteiger partial charge on any atom is 0.222 e. The average Bonchev–Trinajstić information content (AvgIpc) is 3.46. The highest BCUT2D eigenvalue weighted by Gasteiger charge is 2.32. The number of nitrogens with two attached hydrogens (primary N) is 2. The first-order valence-electron chi connectivity index (χ1n) is 12.0. The molecule has 34 heavy (non-hydrogen) atoms. The molecule has 1 saturated carbocycles. The van der Waals surface area contributed by atoms with Gasteiger partial charge >= 0.3 is 0 Å². The summed E-state index contributed by atoms with van der Waals surface area (Å²) in [4.78, 5) is 8.63. The van der Waals surface area contributed by atoms with Crippen molar-refractivity contribution < 1.29 is 9.84 Å². The Morgan fingerprint density at radius 1 is 1.26 bits per heavy atom. The SMILES string of the molecule is CCCC(N)Nc1nc(N)nc2cn(Cc3ccc(CNC4(CO)CCCC4)cc3OC)nc12. The minimum Gasteiger partial charge on any atom is -0.496 e. The maximum absolute atomic E-state index is 9.85. The van der Waals surface area contributed by atoms with Crippen molar-refractivity contribution in [2.45, 2.75) is 70.2 Å². The number of aliphatic hydroxyl groups is 1. The molecule has 1 aliphatic carbocycles. The fraction of sp³-hybridized carbons (Fsp3) is 0.542. The quantitative estimate of drug-likeness (QED) is 0.267. The van der Waals surface area contributed by atoms with Crippen LogP contribution in [0.2, 0.25) is 0 Å². The van der Waals surface area contributed by atoms with Crippen molar-refractivity contribution in [3.8, 4) is 5.75 Å². The van der Waals surface area contributed by atoms with Crippen LogP contribution in [0.25, 0.3) is 11.0 Å². The van der Waals surface area contributed by atoms with E-state index in [1.54, 1.807) is 7.11 Å². The molecule has 7 N–H and O–H groups in total. The van der Waals surface area contributed by atoms with Crippen LogP contribution < -0.4 is 26.8 Å². The van der Waals surface area contributed by atoms with Gasteiger partial charge in [0, 0.05) is 17.6 Å². The molecule has 1 aliphatic rings. The van der Waals surface area contributed by atoms with Gasteiger partial charge in [-0.2, -0.15) is 10.1 Å². The summed E-state index contributed by atoms with van der Waals surface area (Å²) >= 11 is 0. The number of anilines is 2. The molecule has 0 amide bonds. The summed E-state index contributed by atoms with van der Waals surface area (Å²) in [5, 5.41) is 21.3. The first-order valence-corrected chi connectivity index (χ1v) is 12.0. The number of hydrogen-bond donors (Lipinski definition) is 5. The Kier molecular flexibility index (Phi) is 7.50. The number of nitrogens with one attached hydrogen (secondary N) is 2. The molecule has 1 aromatic carbocycles. The third kappa shape index (κ3) is 5.40. The van der Waals surface area contributed by atoms with Crippen molar-refractivity contribution in [2.75, 3.05) is 24.8 Å². The predicted molar refractivity (Wildman–Crippen MR) is 133 cm³/mol. The van der Waals surface area contributed by atoms with Gasteiger partial charge in [0.15, 0.2) is 11.3 Å². The van der Waals surface area contributed by atoms with Crippen LogP contribution in [-0.2, 0) is 13.1 Å². The predicted octanol–water partition coefficient (Wildman–Crippen LogP) is 2.36. The smallest absolute Gasteiger partial charge is 0.222 e. The van der Waals surface area contributed by atoms with Crippen LogP contribution in [0.15, 0.2) is 24.4 Å². The highest BCUT2D eigenvalue weighted by molar-refractivity contribution is 5.85. The van der Waals surface area contributed by atoms with Crippen molar-refractivity contribution >= 4 is 22.8 Å². The summed E-state index contributed by atoms with van der Waals surface area (Å²) in [5.74, 6) is 1.51. The van der Waals surface area contributed by atoms with Crippen LogP contribution in [-0.4, -0.2) is 50.3 Å². The summed E-state index contributed by atoms with van der Waals surface area (Å²) in [6, 6.07) is 6.18. The van der Waals surface area contributed by atoms with Gasteiger partial charge in [-0.05, 0) is 30.9 Å². The van der Waals surface area contributed by atoms with Crippen LogP contribution in [0, 0.1) is 0 Å². The van der Waals surface area contributed by atoms with Gasteiger partial charge in [0.05, 0.1) is 32.6 Å². The van der Waals surface area contributed by atoms with E-state index >= 15 is 0 Å². The monoisotopic (exact) mass is 468 g/mol. The summed E-state index contributed by atoms with van der Waals surface area (Å²) in [7, 11) is 1.67. The molecule has 1 atom stereocenters. The lowest BCUT2D eigenvalue weighted by Crippen LogP contribution is -2.45. The highest BCUT2D eigenvalue weighted by Crippen LogP contribution is 2.30. The van der Waals surface area contributed by atoms with E-state index in [2.05, 4.69) is 39.7 Å². The zero-order valence-electron chi connectivity index (χ0n) is 20.0. The molecular weight excluding hydrogens is 432 g/mol. The van der Waals surface area contributed by atoms with Gasteiger partial charge in [0.1, 0.15) is 11.3 Å². The van der Waals surface area contributed by atoms with Crippen LogP contribution in [0.1, 0.15) is 56.6 Å². The summed E-state index contributed by atoms with van der Waals surface area (Å²) in [5.41, 5.74) is 15.3. The normalized spacial score (nSPS) is 16.1. The van der Waals surface area contributed by atoms with E-state index in [1.807, 2.05) is 16.9 Å². The minimum absolute atomic E-state index is 0.157. The van der Waals surface area contributed by atoms with Gasteiger partial charge in [-0.15, -0.1) is 0 Å². The summed E-state index contributed by atoms with van der Waals surface area (Å²) < 4.78 is 7.49. The number of benzene rings is 1. The largest absolute Gasteiger partial charge is 0.496 e. The van der Waals surface area contributed by atoms with E-state index in [0.29, 0.717) is 29.9 Å².